The summed E-state index contributed by atoms with van der Waals surface area (Å²) in [4.78, 5) is 0. The smallest absolute Gasteiger partial charge is 0.0809 e. The molecule has 2 N–H and O–H groups in total. The van der Waals surface area contributed by atoms with Crippen LogP contribution >= 0.6 is 0 Å². The topological polar surface area (TPSA) is 24.1 Å². The zero-order valence-corrected chi connectivity index (χ0v) is 42.9. The first-order chi connectivity index (χ1) is 29.2. The zero-order valence-electron chi connectivity index (χ0n) is 35.9. The second kappa shape index (κ2) is 30.6. The van der Waals surface area contributed by atoms with Crippen LogP contribution in [0.2, 0.25) is 26.2 Å². The number of anilines is 2. The molecule has 300 valence electrons. The van der Waals surface area contributed by atoms with E-state index in [1.54, 1.807) is 46.7 Å². The molecule has 0 aromatic heterocycles. The van der Waals surface area contributed by atoms with Crippen molar-refractivity contribution in [2.75, 3.05) is 24.7 Å². The molecule has 0 fully saturated rings. The number of benzene rings is 6. The van der Waals surface area contributed by atoms with E-state index in [1.807, 2.05) is 74.8 Å². The molecule has 0 radical (unpaired) electrons. The molecule has 0 aliphatic rings. The number of para-hydroxylation sites is 2. The summed E-state index contributed by atoms with van der Waals surface area (Å²) in [6, 6.07) is 78.8. The Balaban J connectivity index is 0.000000186. The van der Waals surface area contributed by atoms with Crippen LogP contribution in [0.15, 0.2) is 231 Å². The third-order valence-corrected chi connectivity index (χ3v) is 8.32. The van der Waals surface area contributed by atoms with Gasteiger partial charge in [-0.25, -0.2) is 0 Å². The van der Waals surface area contributed by atoms with Crippen molar-refractivity contribution in [1.29, 1.82) is 0 Å². The molecule has 10 rings (SSSR count). The van der Waals surface area contributed by atoms with Crippen molar-refractivity contribution in [3.05, 3.63) is 231 Å². The number of nitrogens with one attached hydrogen (secondary N) is 2. The minimum absolute atomic E-state index is 0.210. The van der Waals surface area contributed by atoms with Crippen molar-refractivity contribution < 1.29 is 46.7 Å². The summed E-state index contributed by atoms with van der Waals surface area (Å²) in [7, 11) is 3.82. The molecule has 0 aliphatic carbocycles. The third-order valence-electron chi connectivity index (χ3n) is 8.32. The van der Waals surface area contributed by atoms with E-state index >= 15 is 0 Å². The van der Waals surface area contributed by atoms with Crippen LogP contribution in [-0.4, -0.2) is 25.0 Å². The van der Waals surface area contributed by atoms with Gasteiger partial charge in [-0.1, -0.05) is 60.7 Å². The van der Waals surface area contributed by atoms with Gasteiger partial charge in [0.2, 0.25) is 0 Å². The Morgan fingerprint density at radius 3 is 0.700 bits per heavy atom. The zero-order chi connectivity index (χ0) is 43.2. The second-order valence-electron chi connectivity index (χ2n) is 13.9. The largest absolute Gasteiger partial charge is 0.168 e. The minimum atomic E-state index is 0.210. The van der Waals surface area contributed by atoms with Crippen LogP contribution < -0.4 is 10.6 Å². The molecular weight excluding hydrogens is 915 g/mol. The maximum Gasteiger partial charge on any atom is -0.0809 e. The first-order valence-corrected chi connectivity index (χ1v) is 32.5. The fourth-order valence-electron chi connectivity index (χ4n) is 5.49. The molecule has 0 spiro atoms. The van der Waals surface area contributed by atoms with E-state index in [0.717, 1.165) is 11.4 Å². The van der Waals surface area contributed by atoms with E-state index < -0.39 is 0 Å². The summed E-state index contributed by atoms with van der Waals surface area (Å²) in [5.41, 5.74) is 2.74. The predicted octanol–water partition coefficient (Wildman–Crippen LogP) is 15.3. The Bertz CT molecular complexity index is 2170. The van der Waals surface area contributed by atoms with E-state index in [2.05, 4.69) is 207 Å². The maximum absolute atomic E-state index is 3.03. The number of hydrogen-bond acceptors (Lipinski definition) is 2. The molecule has 60 heavy (non-hydrogen) atoms. The van der Waals surface area contributed by atoms with Gasteiger partial charge in [0.25, 0.3) is 0 Å². The van der Waals surface area contributed by atoms with Gasteiger partial charge in [-0.15, -0.1) is 119 Å². The average molecular weight is 974 g/mol. The van der Waals surface area contributed by atoms with E-state index in [4.69, 9.17) is 0 Å². The van der Waals surface area contributed by atoms with Gasteiger partial charge in [-0.05, 0) is 24.3 Å². The van der Waals surface area contributed by atoms with Gasteiger partial charge in [0.05, 0.1) is 0 Å². The van der Waals surface area contributed by atoms with Crippen LogP contribution in [0, 0.1) is 0 Å². The fraction of sp³-hybridized carbons (Fsp3) is 0.111. The van der Waals surface area contributed by atoms with Crippen molar-refractivity contribution in [3.8, 4) is 0 Å². The predicted molar refractivity (Wildman–Crippen MR) is 265 cm³/mol. The van der Waals surface area contributed by atoms with Crippen LogP contribution in [0.1, 0.15) is 0 Å². The normalized spacial score (nSPS) is 9.37. The van der Waals surface area contributed by atoms with Crippen molar-refractivity contribution in [1.82, 2.24) is 0 Å². The summed E-state index contributed by atoms with van der Waals surface area (Å²) >= 11 is 3.48. The third kappa shape index (κ3) is 21.2. The summed E-state index contributed by atoms with van der Waals surface area (Å²) in [5.74, 6) is 0. The molecule has 0 bridgehead atoms. The average Bonchev–Trinajstić information content (AvgIpc) is 4.12. The van der Waals surface area contributed by atoms with E-state index in [1.165, 1.54) is 43.1 Å². The minimum Gasteiger partial charge on any atom is -0.168 e. The molecule has 0 heterocycles. The SMILES string of the molecule is CNc1ccccc1.CNc1ccccc1.C[Si](C)=[Zr+2].C[Si](C)=[Zr+2].c1ccc2[cH-]ccc2c1.c1ccc2[cH-]ccc2c1.c1ccc2[cH-]ccc2c1.c1ccc2[cH-]ccc2c1. The Labute approximate surface area is 389 Å². The molecule has 0 unspecified atom stereocenters. The second-order valence-corrected chi connectivity index (χ2v) is 32.6. The van der Waals surface area contributed by atoms with Gasteiger partial charge < -0.3 is 10.6 Å². The summed E-state index contributed by atoms with van der Waals surface area (Å²) in [6.07, 6.45) is 0. The van der Waals surface area contributed by atoms with Crippen molar-refractivity contribution in [2.45, 2.75) is 26.2 Å². The van der Waals surface area contributed by atoms with Crippen molar-refractivity contribution in [3.63, 3.8) is 0 Å². The van der Waals surface area contributed by atoms with E-state index in [0.29, 0.717) is 0 Å². The van der Waals surface area contributed by atoms with Gasteiger partial charge in [0.15, 0.2) is 0 Å². The summed E-state index contributed by atoms with van der Waals surface area (Å²) in [6.45, 7) is 9.23. The summed E-state index contributed by atoms with van der Waals surface area (Å²) < 4.78 is 0. The van der Waals surface area contributed by atoms with Crippen LogP contribution in [0.25, 0.3) is 43.1 Å². The van der Waals surface area contributed by atoms with E-state index in [-0.39, 0.29) is 10.9 Å². The molecule has 0 atom stereocenters. The van der Waals surface area contributed by atoms with Gasteiger partial charge in [0.1, 0.15) is 0 Å². The molecule has 0 saturated carbocycles. The Kier molecular flexibility index (Phi) is 25.4. The molecule has 10 aromatic rings. The molecular formula is C54H58N2Si2Zr2. The van der Waals surface area contributed by atoms with Crippen molar-refractivity contribution >= 4 is 65.3 Å². The van der Waals surface area contributed by atoms with E-state index in [9.17, 15) is 0 Å². The number of fused-ring (bicyclic) bond motifs is 4. The number of hydrogen-bond donors (Lipinski definition) is 2. The first-order valence-electron chi connectivity index (χ1n) is 20.1. The van der Waals surface area contributed by atoms with Crippen LogP contribution in [0.4, 0.5) is 11.4 Å². The number of rotatable bonds is 2. The quantitative estimate of drug-likeness (QED) is 0.133. The Hall–Kier alpha value is -4.44. The standard InChI is InChI=1S/4C9H7.2C7H9N.2C2H6Si.2Zr/c4*1-2-5-9-7-3-6-8(9)4-1;2*1-8-7-5-3-2-4-6-7;2*1-3-2;;/h4*1-7H;2*2-6,8H,1H3;2*1-2H3;;/q4*-1;;;;;2*+2. The molecule has 10 aromatic carbocycles. The van der Waals surface area contributed by atoms with Crippen molar-refractivity contribution in [2.24, 2.45) is 0 Å². The van der Waals surface area contributed by atoms with Gasteiger partial charge >= 0.3 is 83.7 Å². The van der Waals surface area contributed by atoms with Gasteiger partial charge in [-0.2, -0.15) is 70.1 Å². The maximum atomic E-state index is 3.03. The molecule has 0 saturated heterocycles. The summed E-state index contributed by atoms with van der Waals surface area (Å²) in [5, 5.41) is 16.7. The molecule has 0 amide bonds. The van der Waals surface area contributed by atoms with Crippen LogP contribution in [0.5, 0.6) is 0 Å². The first kappa shape index (κ1) is 49.9. The van der Waals surface area contributed by atoms with Gasteiger partial charge in [0, 0.05) is 25.5 Å². The van der Waals surface area contributed by atoms with Crippen LogP contribution in [0.3, 0.4) is 0 Å². The Morgan fingerprint density at radius 2 is 0.517 bits per heavy atom. The molecule has 2 nitrogen and oxygen atoms in total. The van der Waals surface area contributed by atoms with Gasteiger partial charge in [-0.3, -0.25) is 0 Å². The van der Waals surface area contributed by atoms with Crippen LogP contribution in [-0.2, 0) is 46.7 Å². The Morgan fingerprint density at radius 1 is 0.317 bits per heavy atom. The molecule has 0 aliphatic heterocycles. The monoisotopic (exact) mass is 970 g/mol. The fourth-order valence-corrected chi connectivity index (χ4v) is 5.49. The molecule has 6 heteroatoms.